The first kappa shape index (κ1) is 14.0. The minimum atomic E-state index is 0.0905. The predicted molar refractivity (Wildman–Crippen MR) is 76.3 cm³/mol. The van der Waals surface area contributed by atoms with Crippen LogP contribution in [0.15, 0.2) is 24.3 Å². The highest BCUT2D eigenvalue weighted by atomic mass is 16.3. The number of carbonyl (C=O) groups is 1. The largest absolute Gasteiger partial charge is 0.395 e. The summed E-state index contributed by atoms with van der Waals surface area (Å²) < 4.78 is 0. The SMILES string of the molecule is CCN(CCO)CC(=O)N1c2ccccc2CC1C. The van der Waals surface area contributed by atoms with Gasteiger partial charge in [-0.25, -0.2) is 0 Å². The molecule has 1 aliphatic heterocycles. The van der Waals surface area contributed by atoms with Gasteiger partial charge in [-0.05, 0) is 31.5 Å². The lowest BCUT2D eigenvalue weighted by molar-refractivity contribution is -0.120. The highest BCUT2D eigenvalue weighted by Crippen LogP contribution is 2.31. The Balaban J connectivity index is 2.11. The minimum Gasteiger partial charge on any atom is -0.395 e. The van der Waals surface area contributed by atoms with E-state index in [2.05, 4.69) is 13.0 Å². The Labute approximate surface area is 114 Å². The molecule has 1 aliphatic rings. The molecule has 104 valence electrons. The number of benzene rings is 1. The van der Waals surface area contributed by atoms with Crippen molar-refractivity contribution in [2.45, 2.75) is 26.3 Å². The van der Waals surface area contributed by atoms with E-state index in [4.69, 9.17) is 5.11 Å². The van der Waals surface area contributed by atoms with Gasteiger partial charge < -0.3 is 10.0 Å². The van der Waals surface area contributed by atoms with E-state index in [-0.39, 0.29) is 18.6 Å². The zero-order chi connectivity index (χ0) is 13.8. The number of carbonyl (C=O) groups excluding carboxylic acids is 1. The van der Waals surface area contributed by atoms with E-state index < -0.39 is 0 Å². The fraction of sp³-hybridized carbons (Fsp3) is 0.533. The summed E-state index contributed by atoms with van der Waals surface area (Å²) in [6.45, 7) is 5.87. The molecule has 0 aromatic heterocycles. The molecule has 1 aromatic rings. The Kier molecular flexibility index (Phi) is 4.56. The summed E-state index contributed by atoms with van der Waals surface area (Å²) in [4.78, 5) is 16.3. The maximum absolute atomic E-state index is 12.5. The van der Waals surface area contributed by atoms with Gasteiger partial charge in [0.25, 0.3) is 0 Å². The molecule has 1 heterocycles. The van der Waals surface area contributed by atoms with Crippen LogP contribution in [0.3, 0.4) is 0 Å². The van der Waals surface area contributed by atoms with Gasteiger partial charge in [-0.3, -0.25) is 9.69 Å². The molecule has 4 heteroatoms. The van der Waals surface area contributed by atoms with E-state index in [1.807, 2.05) is 34.9 Å². The van der Waals surface area contributed by atoms with Crippen LogP contribution in [0, 0.1) is 0 Å². The number of nitrogens with zero attached hydrogens (tertiary/aromatic N) is 2. The molecule has 19 heavy (non-hydrogen) atoms. The summed E-state index contributed by atoms with van der Waals surface area (Å²) >= 11 is 0. The van der Waals surface area contributed by atoms with Crippen LogP contribution in [0.4, 0.5) is 5.69 Å². The van der Waals surface area contributed by atoms with E-state index in [1.165, 1.54) is 5.56 Å². The summed E-state index contributed by atoms with van der Waals surface area (Å²) in [5.41, 5.74) is 2.29. The molecule has 1 amide bonds. The third-order valence-corrected chi connectivity index (χ3v) is 3.70. The topological polar surface area (TPSA) is 43.8 Å². The first-order chi connectivity index (χ1) is 9.17. The predicted octanol–water partition coefficient (Wildman–Crippen LogP) is 1.28. The quantitative estimate of drug-likeness (QED) is 0.869. The Morgan fingerprint density at radius 2 is 2.21 bits per heavy atom. The third kappa shape index (κ3) is 2.96. The van der Waals surface area contributed by atoms with Crippen molar-refractivity contribution in [3.63, 3.8) is 0 Å². The van der Waals surface area contributed by atoms with Crippen molar-refractivity contribution in [2.24, 2.45) is 0 Å². The van der Waals surface area contributed by atoms with Crippen LogP contribution in [0.1, 0.15) is 19.4 Å². The number of rotatable bonds is 5. The molecule has 0 bridgehead atoms. The molecule has 1 aromatic carbocycles. The Morgan fingerprint density at radius 3 is 2.89 bits per heavy atom. The van der Waals surface area contributed by atoms with Crippen LogP contribution in [0.2, 0.25) is 0 Å². The van der Waals surface area contributed by atoms with Gasteiger partial charge in [-0.15, -0.1) is 0 Å². The average molecular weight is 262 g/mol. The van der Waals surface area contributed by atoms with Crippen LogP contribution in [-0.4, -0.2) is 48.2 Å². The van der Waals surface area contributed by atoms with Gasteiger partial charge in [0.1, 0.15) is 0 Å². The van der Waals surface area contributed by atoms with Crippen LogP contribution < -0.4 is 4.90 Å². The zero-order valence-corrected chi connectivity index (χ0v) is 11.7. The number of aliphatic hydroxyl groups is 1. The molecule has 0 fully saturated rings. The summed E-state index contributed by atoms with van der Waals surface area (Å²) in [5, 5.41) is 8.99. The summed E-state index contributed by atoms with van der Waals surface area (Å²) in [7, 11) is 0. The molecule has 0 spiro atoms. The normalized spacial score (nSPS) is 17.9. The Hall–Kier alpha value is -1.39. The number of hydrogen-bond donors (Lipinski definition) is 1. The number of para-hydroxylation sites is 1. The maximum Gasteiger partial charge on any atom is 0.241 e. The maximum atomic E-state index is 12.5. The molecule has 1 unspecified atom stereocenters. The smallest absolute Gasteiger partial charge is 0.241 e. The molecule has 1 atom stereocenters. The first-order valence-electron chi connectivity index (χ1n) is 6.90. The van der Waals surface area contributed by atoms with Gasteiger partial charge in [0.2, 0.25) is 5.91 Å². The van der Waals surface area contributed by atoms with Gasteiger partial charge in [-0.1, -0.05) is 25.1 Å². The molecule has 0 aliphatic carbocycles. The summed E-state index contributed by atoms with van der Waals surface area (Å²) in [6.07, 6.45) is 0.925. The number of likely N-dealkylation sites (N-methyl/N-ethyl adjacent to an activating group) is 1. The van der Waals surface area contributed by atoms with Gasteiger partial charge in [0, 0.05) is 18.3 Å². The van der Waals surface area contributed by atoms with Crippen molar-refractivity contribution >= 4 is 11.6 Å². The lowest BCUT2D eigenvalue weighted by atomic mass is 10.1. The second kappa shape index (κ2) is 6.17. The fourth-order valence-electron chi connectivity index (χ4n) is 2.70. The van der Waals surface area contributed by atoms with Gasteiger partial charge in [0.05, 0.1) is 13.2 Å². The van der Waals surface area contributed by atoms with E-state index in [0.29, 0.717) is 13.1 Å². The highest BCUT2D eigenvalue weighted by Gasteiger charge is 2.30. The number of fused-ring (bicyclic) bond motifs is 1. The molecule has 2 rings (SSSR count). The lowest BCUT2D eigenvalue weighted by Crippen LogP contribution is -2.43. The number of hydrogen-bond acceptors (Lipinski definition) is 3. The zero-order valence-electron chi connectivity index (χ0n) is 11.7. The van der Waals surface area contributed by atoms with Gasteiger partial charge in [-0.2, -0.15) is 0 Å². The van der Waals surface area contributed by atoms with Crippen LogP contribution >= 0.6 is 0 Å². The molecule has 0 saturated carbocycles. The Morgan fingerprint density at radius 1 is 1.47 bits per heavy atom. The minimum absolute atomic E-state index is 0.0905. The monoisotopic (exact) mass is 262 g/mol. The second-order valence-corrected chi connectivity index (χ2v) is 5.04. The molecule has 0 saturated heterocycles. The standard InChI is InChI=1S/C15H22N2O2/c1-3-16(8-9-18)11-15(19)17-12(2)10-13-6-4-5-7-14(13)17/h4-7,12,18H,3,8-11H2,1-2H3. The highest BCUT2D eigenvalue weighted by molar-refractivity contribution is 5.97. The van der Waals surface area contributed by atoms with Crippen molar-refractivity contribution in [3.05, 3.63) is 29.8 Å². The van der Waals surface area contributed by atoms with Crippen LogP contribution in [-0.2, 0) is 11.2 Å². The van der Waals surface area contributed by atoms with Crippen LogP contribution in [0.25, 0.3) is 0 Å². The molecule has 4 nitrogen and oxygen atoms in total. The molecule has 0 radical (unpaired) electrons. The Bertz CT molecular complexity index is 448. The van der Waals surface area contributed by atoms with E-state index in [0.717, 1.165) is 18.7 Å². The van der Waals surface area contributed by atoms with Gasteiger partial charge >= 0.3 is 0 Å². The number of anilines is 1. The first-order valence-corrected chi connectivity index (χ1v) is 6.90. The van der Waals surface area contributed by atoms with Gasteiger partial charge in [0.15, 0.2) is 0 Å². The lowest BCUT2D eigenvalue weighted by Gasteiger charge is -2.26. The van der Waals surface area contributed by atoms with Crippen molar-refractivity contribution < 1.29 is 9.90 Å². The van der Waals surface area contributed by atoms with Crippen LogP contribution in [0.5, 0.6) is 0 Å². The summed E-state index contributed by atoms with van der Waals surface area (Å²) in [5.74, 6) is 0.118. The van der Waals surface area contributed by atoms with E-state index in [1.54, 1.807) is 0 Å². The van der Waals surface area contributed by atoms with Crippen molar-refractivity contribution in [3.8, 4) is 0 Å². The van der Waals surface area contributed by atoms with E-state index >= 15 is 0 Å². The number of amides is 1. The van der Waals surface area contributed by atoms with Crippen molar-refractivity contribution in [1.82, 2.24) is 4.90 Å². The summed E-state index contributed by atoms with van der Waals surface area (Å²) in [6, 6.07) is 8.31. The second-order valence-electron chi connectivity index (χ2n) is 5.04. The third-order valence-electron chi connectivity index (χ3n) is 3.70. The molecular formula is C15H22N2O2. The van der Waals surface area contributed by atoms with Crippen molar-refractivity contribution in [1.29, 1.82) is 0 Å². The van der Waals surface area contributed by atoms with E-state index in [9.17, 15) is 4.79 Å². The molecular weight excluding hydrogens is 240 g/mol. The van der Waals surface area contributed by atoms with Crippen molar-refractivity contribution in [2.75, 3.05) is 31.1 Å². The molecule has 1 N–H and O–H groups in total. The fourth-order valence-corrected chi connectivity index (χ4v) is 2.70. The number of aliphatic hydroxyl groups excluding tert-OH is 1. The average Bonchev–Trinajstić information content (AvgIpc) is 2.73.